The third kappa shape index (κ3) is 32.9. The topological polar surface area (TPSA) is 108 Å². The van der Waals surface area contributed by atoms with Gasteiger partial charge in [-0.2, -0.15) is 8.42 Å². The van der Waals surface area contributed by atoms with Gasteiger partial charge in [0.2, 0.25) is 0 Å². The normalized spacial score (nSPS) is 10.5. The van der Waals surface area contributed by atoms with Crippen molar-refractivity contribution in [3.05, 3.63) is 0 Å². The average molecular weight is 330 g/mol. The van der Waals surface area contributed by atoms with E-state index in [4.69, 9.17) is 9.29 Å². The molecule has 0 saturated heterocycles. The zero-order valence-corrected chi connectivity index (χ0v) is 14.8. The van der Waals surface area contributed by atoms with Gasteiger partial charge in [0.1, 0.15) is 0 Å². The molecule has 6 nitrogen and oxygen atoms in total. The second-order valence-electron chi connectivity index (χ2n) is 4.51. The van der Waals surface area contributed by atoms with Gasteiger partial charge in [-0.25, -0.2) is 4.18 Å². The molecule has 0 heterocycles. The fourth-order valence-corrected chi connectivity index (χ4v) is 1.93. The maximum absolute atomic E-state index is 10.2. The first kappa shape index (κ1) is 25.7. The monoisotopic (exact) mass is 329 g/mol. The SMILES string of the molecule is CCCCCCCCCCOS(=O)(=O)O.CCOCC.N. The molecule has 132 valence electrons. The van der Waals surface area contributed by atoms with Crippen molar-refractivity contribution in [2.75, 3.05) is 19.8 Å². The fraction of sp³-hybridized carbons (Fsp3) is 1.00. The summed E-state index contributed by atoms with van der Waals surface area (Å²) in [5.74, 6) is 0. The molecule has 0 aromatic rings. The van der Waals surface area contributed by atoms with Crippen molar-refractivity contribution >= 4 is 10.4 Å². The third-order valence-corrected chi connectivity index (χ3v) is 3.10. The Morgan fingerprint density at radius 3 is 1.57 bits per heavy atom. The van der Waals surface area contributed by atoms with Crippen molar-refractivity contribution in [1.82, 2.24) is 6.15 Å². The molecule has 0 aromatic heterocycles. The van der Waals surface area contributed by atoms with Crippen LogP contribution in [-0.4, -0.2) is 32.8 Å². The summed E-state index contributed by atoms with van der Waals surface area (Å²) in [7, 11) is -4.23. The fourth-order valence-electron chi connectivity index (χ4n) is 1.60. The van der Waals surface area contributed by atoms with Gasteiger partial charge in [-0.15, -0.1) is 0 Å². The van der Waals surface area contributed by atoms with Crippen molar-refractivity contribution in [2.45, 2.75) is 72.1 Å². The molecule has 0 unspecified atom stereocenters. The van der Waals surface area contributed by atoms with Crippen molar-refractivity contribution in [3.63, 3.8) is 0 Å². The van der Waals surface area contributed by atoms with Gasteiger partial charge in [-0.1, -0.05) is 51.9 Å². The lowest BCUT2D eigenvalue weighted by Crippen LogP contribution is -2.04. The summed E-state index contributed by atoms with van der Waals surface area (Å²) in [5, 5.41) is 0. The minimum absolute atomic E-state index is 0. The molecule has 0 atom stereocenters. The van der Waals surface area contributed by atoms with Gasteiger partial charge >= 0.3 is 10.4 Å². The van der Waals surface area contributed by atoms with Gasteiger partial charge in [0.15, 0.2) is 0 Å². The van der Waals surface area contributed by atoms with E-state index in [2.05, 4.69) is 11.1 Å². The Labute approximate surface area is 131 Å². The first-order valence-corrected chi connectivity index (χ1v) is 9.04. The highest BCUT2D eigenvalue weighted by Gasteiger charge is 2.02. The summed E-state index contributed by atoms with van der Waals surface area (Å²) < 4.78 is 37.6. The minimum Gasteiger partial charge on any atom is -0.382 e. The Balaban J connectivity index is -0.000000465. The lowest BCUT2D eigenvalue weighted by Gasteiger charge is -2.01. The molecule has 0 aliphatic carbocycles. The molecule has 0 rings (SSSR count). The molecular formula is C14H35NO5S. The number of rotatable bonds is 12. The van der Waals surface area contributed by atoms with Crippen LogP contribution in [0.1, 0.15) is 72.1 Å². The predicted molar refractivity (Wildman–Crippen MR) is 87.3 cm³/mol. The van der Waals surface area contributed by atoms with Gasteiger partial charge in [0.25, 0.3) is 0 Å². The molecule has 0 saturated carbocycles. The summed E-state index contributed by atoms with van der Waals surface area (Å²) in [6, 6.07) is 0. The smallest absolute Gasteiger partial charge is 0.382 e. The van der Waals surface area contributed by atoms with E-state index < -0.39 is 10.4 Å². The zero-order chi connectivity index (χ0) is 15.7. The number of ether oxygens (including phenoxy) is 1. The van der Waals surface area contributed by atoms with Crippen LogP contribution in [0.2, 0.25) is 0 Å². The predicted octanol–water partition coefficient (Wildman–Crippen LogP) is 4.15. The molecule has 0 aliphatic heterocycles. The van der Waals surface area contributed by atoms with E-state index in [1.165, 1.54) is 32.1 Å². The van der Waals surface area contributed by atoms with E-state index in [-0.39, 0.29) is 12.8 Å². The highest BCUT2D eigenvalue weighted by molar-refractivity contribution is 7.80. The van der Waals surface area contributed by atoms with Crippen molar-refractivity contribution in [2.24, 2.45) is 0 Å². The lowest BCUT2D eigenvalue weighted by molar-refractivity contribution is 0.162. The van der Waals surface area contributed by atoms with Crippen molar-refractivity contribution in [1.29, 1.82) is 0 Å². The van der Waals surface area contributed by atoms with E-state index in [9.17, 15) is 8.42 Å². The highest BCUT2D eigenvalue weighted by atomic mass is 32.3. The summed E-state index contributed by atoms with van der Waals surface area (Å²) in [5.41, 5.74) is 0. The number of unbranched alkanes of at least 4 members (excludes halogenated alkanes) is 7. The van der Waals surface area contributed by atoms with E-state index in [0.717, 1.165) is 26.1 Å². The molecule has 4 N–H and O–H groups in total. The van der Waals surface area contributed by atoms with Crippen LogP contribution in [-0.2, 0) is 19.3 Å². The summed E-state index contributed by atoms with van der Waals surface area (Å²) in [4.78, 5) is 0. The van der Waals surface area contributed by atoms with Crippen LogP contribution in [0.25, 0.3) is 0 Å². The van der Waals surface area contributed by atoms with Crippen LogP contribution in [0.4, 0.5) is 0 Å². The first-order chi connectivity index (χ1) is 9.47. The molecule has 0 aliphatic rings. The molecule has 0 bridgehead atoms. The zero-order valence-electron chi connectivity index (χ0n) is 14.0. The standard InChI is InChI=1S/C10H22O4S.C4H10O.H3N/c1-2-3-4-5-6-7-8-9-10-14-15(11,12)13;1-3-5-4-2;/h2-10H2,1H3,(H,11,12,13);3-4H2,1-2H3;1H3. The van der Waals surface area contributed by atoms with Gasteiger partial charge in [-0.05, 0) is 20.3 Å². The van der Waals surface area contributed by atoms with E-state index >= 15 is 0 Å². The van der Waals surface area contributed by atoms with Gasteiger partial charge in [0, 0.05) is 13.2 Å². The summed E-state index contributed by atoms with van der Waals surface area (Å²) in [6.45, 7) is 7.94. The van der Waals surface area contributed by atoms with Gasteiger partial charge in [-0.3, -0.25) is 4.55 Å². The largest absolute Gasteiger partial charge is 0.397 e. The van der Waals surface area contributed by atoms with E-state index in [1.54, 1.807) is 0 Å². The number of hydrogen-bond donors (Lipinski definition) is 2. The molecule has 21 heavy (non-hydrogen) atoms. The van der Waals surface area contributed by atoms with Gasteiger partial charge < -0.3 is 10.9 Å². The van der Waals surface area contributed by atoms with Crippen molar-refractivity contribution in [3.8, 4) is 0 Å². The molecular weight excluding hydrogens is 294 g/mol. The van der Waals surface area contributed by atoms with Crippen LogP contribution in [0.5, 0.6) is 0 Å². The quantitative estimate of drug-likeness (QED) is 0.411. The summed E-state index contributed by atoms with van der Waals surface area (Å²) in [6.07, 6.45) is 9.05. The van der Waals surface area contributed by atoms with Crippen LogP contribution >= 0.6 is 0 Å². The Kier molecular flexibility index (Phi) is 24.2. The van der Waals surface area contributed by atoms with Crippen LogP contribution in [0, 0.1) is 0 Å². The lowest BCUT2D eigenvalue weighted by atomic mass is 10.1. The molecule has 0 spiro atoms. The maximum atomic E-state index is 10.2. The third-order valence-electron chi connectivity index (χ3n) is 2.64. The number of hydrogen-bond acceptors (Lipinski definition) is 5. The highest BCUT2D eigenvalue weighted by Crippen LogP contribution is 2.08. The molecule has 7 heteroatoms. The second kappa shape index (κ2) is 19.8. The molecule has 0 fully saturated rings. The average Bonchev–Trinajstić information content (AvgIpc) is 2.37. The Hall–Kier alpha value is -0.210. The molecule has 0 radical (unpaired) electrons. The Bertz CT molecular complexity index is 269. The van der Waals surface area contributed by atoms with Crippen molar-refractivity contribution < 1.29 is 21.9 Å². The Morgan fingerprint density at radius 2 is 1.24 bits per heavy atom. The van der Waals surface area contributed by atoms with Gasteiger partial charge in [0.05, 0.1) is 6.61 Å². The summed E-state index contributed by atoms with van der Waals surface area (Å²) >= 11 is 0. The van der Waals surface area contributed by atoms with E-state index in [0.29, 0.717) is 6.42 Å². The minimum atomic E-state index is -4.23. The maximum Gasteiger partial charge on any atom is 0.397 e. The molecule has 0 aromatic carbocycles. The first-order valence-electron chi connectivity index (χ1n) is 7.67. The van der Waals surface area contributed by atoms with Crippen LogP contribution in [0.15, 0.2) is 0 Å². The van der Waals surface area contributed by atoms with E-state index in [1.807, 2.05) is 13.8 Å². The van der Waals surface area contributed by atoms with Crippen LogP contribution < -0.4 is 6.15 Å². The molecule has 0 amide bonds. The van der Waals surface area contributed by atoms with Crippen LogP contribution in [0.3, 0.4) is 0 Å². The second-order valence-corrected chi connectivity index (χ2v) is 5.60. The Morgan fingerprint density at radius 1 is 0.810 bits per heavy atom.